The minimum atomic E-state index is -1.44. The number of fused-ring (bicyclic) bond motifs is 1. The fourth-order valence-corrected chi connectivity index (χ4v) is 2.18. The first kappa shape index (κ1) is 13.5. The van der Waals surface area contributed by atoms with Crippen LogP contribution >= 0.6 is 0 Å². The van der Waals surface area contributed by atoms with Crippen molar-refractivity contribution in [2.75, 3.05) is 6.61 Å². The fraction of sp³-hybridized carbons (Fsp3) is 0.583. The molecule has 19 heavy (non-hydrogen) atoms. The molecule has 7 heteroatoms. The zero-order valence-corrected chi connectivity index (χ0v) is 11.0. The summed E-state index contributed by atoms with van der Waals surface area (Å²) in [7, 11) is 0. The maximum absolute atomic E-state index is 12.1. The minimum Gasteiger partial charge on any atom is -0.501 e. The van der Waals surface area contributed by atoms with Gasteiger partial charge in [-0.1, -0.05) is 6.92 Å². The van der Waals surface area contributed by atoms with E-state index >= 15 is 0 Å². The molecule has 0 radical (unpaired) electrons. The van der Waals surface area contributed by atoms with Gasteiger partial charge in [-0.3, -0.25) is 9.36 Å². The van der Waals surface area contributed by atoms with Gasteiger partial charge in [-0.05, 0) is 20.3 Å². The van der Waals surface area contributed by atoms with E-state index in [0.717, 1.165) is 0 Å². The Labute approximate surface area is 109 Å². The first-order valence-corrected chi connectivity index (χ1v) is 6.02. The molecular formula is C12H16N2O5. The molecule has 1 aliphatic heterocycles. The molecular weight excluding hydrogens is 252 g/mol. The molecule has 2 heterocycles. The van der Waals surface area contributed by atoms with Crippen molar-refractivity contribution in [2.24, 2.45) is 0 Å². The number of aromatic carboxylic acids is 1. The molecule has 1 aromatic rings. The smallest absolute Gasteiger partial charge is 0.358 e. The standard InChI is InChI=1S/C12H16N2O5/c1-4-6-5-19-12(2,3)11-13-7(10(17)18)8(15)9(16)14(6)11/h6,15H,4-5H2,1-3H3,(H,17,18). The number of hydrogen-bond acceptors (Lipinski definition) is 5. The monoisotopic (exact) mass is 268 g/mol. The lowest BCUT2D eigenvalue weighted by Crippen LogP contribution is -2.44. The maximum atomic E-state index is 12.1. The Morgan fingerprint density at radius 2 is 2.21 bits per heavy atom. The molecule has 1 unspecified atom stereocenters. The third-order valence-corrected chi connectivity index (χ3v) is 3.31. The van der Waals surface area contributed by atoms with E-state index in [1.54, 1.807) is 13.8 Å². The van der Waals surface area contributed by atoms with Crippen LogP contribution < -0.4 is 5.56 Å². The van der Waals surface area contributed by atoms with E-state index in [1.165, 1.54) is 4.57 Å². The van der Waals surface area contributed by atoms with Crippen molar-refractivity contribution < 1.29 is 19.7 Å². The summed E-state index contributed by atoms with van der Waals surface area (Å²) in [6, 6.07) is -0.253. The SMILES string of the molecule is CCC1COC(C)(C)c2nc(C(=O)O)c(O)c(=O)n21. The van der Waals surface area contributed by atoms with Crippen molar-refractivity contribution in [3.63, 3.8) is 0 Å². The predicted octanol–water partition coefficient (Wildman–Crippen LogP) is 0.863. The zero-order chi connectivity index (χ0) is 14.4. The number of ether oxygens (including phenoxy) is 1. The van der Waals surface area contributed by atoms with Crippen LogP contribution in [0, 0.1) is 0 Å². The molecule has 2 rings (SSSR count). The number of carbonyl (C=O) groups is 1. The highest BCUT2D eigenvalue weighted by Crippen LogP contribution is 2.32. The van der Waals surface area contributed by atoms with Crippen molar-refractivity contribution in [2.45, 2.75) is 38.8 Å². The van der Waals surface area contributed by atoms with Gasteiger partial charge in [0.25, 0.3) is 5.56 Å². The van der Waals surface area contributed by atoms with Crippen molar-refractivity contribution in [1.82, 2.24) is 9.55 Å². The van der Waals surface area contributed by atoms with E-state index < -0.39 is 28.6 Å². The van der Waals surface area contributed by atoms with E-state index in [2.05, 4.69) is 4.98 Å². The van der Waals surface area contributed by atoms with E-state index in [9.17, 15) is 14.7 Å². The zero-order valence-electron chi connectivity index (χ0n) is 11.0. The summed E-state index contributed by atoms with van der Waals surface area (Å²) in [4.78, 5) is 27.1. The molecule has 0 aromatic carbocycles. The number of aromatic nitrogens is 2. The third kappa shape index (κ3) is 1.99. The molecule has 0 spiro atoms. The van der Waals surface area contributed by atoms with Crippen LogP contribution in [-0.4, -0.2) is 32.3 Å². The molecule has 7 nitrogen and oxygen atoms in total. The quantitative estimate of drug-likeness (QED) is 0.825. The predicted molar refractivity (Wildman–Crippen MR) is 65.4 cm³/mol. The lowest BCUT2D eigenvalue weighted by molar-refractivity contribution is -0.0732. The topological polar surface area (TPSA) is 102 Å². The van der Waals surface area contributed by atoms with Gasteiger partial charge in [-0.15, -0.1) is 0 Å². The van der Waals surface area contributed by atoms with Gasteiger partial charge >= 0.3 is 5.97 Å². The second kappa shape index (κ2) is 4.34. The van der Waals surface area contributed by atoms with Crippen LogP contribution in [0.1, 0.15) is 49.5 Å². The molecule has 0 saturated heterocycles. The summed E-state index contributed by atoms with van der Waals surface area (Å²) < 4.78 is 6.97. The van der Waals surface area contributed by atoms with Gasteiger partial charge in [0.2, 0.25) is 5.75 Å². The van der Waals surface area contributed by atoms with Gasteiger partial charge < -0.3 is 14.9 Å². The molecule has 0 bridgehead atoms. The van der Waals surface area contributed by atoms with Crippen LogP contribution in [-0.2, 0) is 10.3 Å². The van der Waals surface area contributed by atoms with Crippen molar-refractivity contribution >= 4 is 5.97 Å². The maximum Gasteiger partial charge on any atom is 0.358 e. The third-order valence-electron chi connectivity index (χ3n) is 3.31. The summed E-state index contributed by atoms with van der Waals surface area (Å²) in [5.41, 5.74) is -2.24. The molecule has 2 N–H and O–H groups in total. The number of carboxylic acids is 1. The van der Waals surface area contributed by atoms with Crippen LogP contribution in [0.5, 0.6) is 5.75 Å². The highest BCUT2D eigenvalue weighted by atomic mass is 16.5. The number of aromatic hydroxyl groups is 1. The van der Waals surface area contributed by atoms with E-state index in [1.807, 2.05) is 6.92 Å². The number of hydrogen-bond donors (Lipinski definition) is 2. The number of rotatable bonds is 2. The van der Waals surface area contributed by atoms with Gasteiger partial charge in [0.15, 0.2) is 5.69 Å². The Morgan fingerprint density at radius 1 is 1.58 bits per heavy atom. The summed E-state index contributed by atoms with van der Waals surface area (Å²) in [6.07, 6.45) is 0.622. The molecule has 1 aliphatic rings. The Balaban J connectivity index is 2.80. The number of nitrogens with zero attached hydrogens (tertiary/aromatic N) is 2. The Bertz CT molecular complexity index is 591. The first-order chi connectivity index (χ1) is 8.79. The normalized spacial score (nSPS) is 20.9. The largest absolute Gasteiger partial charge is 0.501 e. The van der Waals surface area contributed by atoms with Gasteiger partial charge in [0, 0.05) is 0 Å². The second-order valence-corrected chi connectivity index (χ2v) is 5.00. The highest BCUT2D eigenvalue weighted by Gasteiger charge is 2.37. The lowest BCUT2D eigenvalue weighted by atomic mass is 10.0. The molecule has 0 amide bonds. The summed E-state index contributed by atoms with van der Waals surface area (Å²) in [5.74, 6) is -2.04. The van der Waals surface area contributed by atoms with Gasteiger partial charge in [-0.25, -0.2) is 9.78 Å². The van der Waals surface area contributed by atoms with Gasteiger partial charge in [0.05, 0.1) is 12.6 Å². The second-order valence-electron chi connectivity index (χ2n) is 5.00. The fourth-order valence-electron chi connectivity index (χ4n) is 2.18. The average Bonchev–Trinajstić information content (AvgIpc) is 2.33. The molecule has 0 aliphatic carbocycles. The molecule has 0 saturated carbocycles. The Kier molecular flexibility index (Phi) is 3.09. The van der Waals surface area contributed by atoms with Gasteiger partial charge in [-0.2, -0.15) is 0 Å². The molecule has 0 fully saturated rings. The van der Waals surface area contributed by atoms with Crippen molar-refractivity contribution in [3.8, 4) is 5.75 Å². The number of carboxylic acid groups (broad SMARTS) is 1. The highest BCUT2D eigenvalue weighted by molar-refractivity contribution is 5.88. The van der Waals surface area contributed by atoms with Crippen LogP contribution in [0.15, 0.2) is 4.79 Å². The van der Waals surface area contributed by atoms with E-state index in [-0.39, 0.29) is 11.9 Å². The van der Waals surface area contributed by atoms with E-state index in [4.69, 9.17) is 9.84 Å². The van der Waals surface area contributed by atoms with E-state index in [0.29, 0.717) is 13.0 Å². The summed E-state index contributed by atoms with van der Waals surface area (Å²) >= 11 is 0. The van der Waals surface area contributed by atoms with Crippen LogP contribution in [0.3, 0.4) is 0 Å². The first-order valence-electron chi connectivity index (χ1n) is 6.02. The van der Waals surface area contributed by atoms with Crippen LogP contribution in [0.25, 0.3) is 0 Å². The molecule has 1 aromatic heterocycles. The average molecular weight is 268 g/mol. The Morgan fingerprint density at radius 3 is 2.74 bits per heavy atom. The minimum absolute atomic E-state index is 0.228. The van der Waals surface area contributed by atoms with Crippen molar-refractivity contribution in [1.29, 1.82) is 0 Å². The molecule has 104 valence electrons. The summed E-state index contributed by atoms with van der Waals surface area (Å²) in [6.45, 7) is 5.62. The van der Waals surface area contributed by atoms with Crippen molar-refractivity contribution in [3.05, 3.63) is 21.9 Å². The molecule has 1 atom stereocenters. The van der Waals surface area contributed by atoms with Gasteiger partial charge in [0.1, 0.15) is 11.4 Å². The Hall–Kier alpha value is -1.89. The lowest BCUT2D eigenvalue weighted by Gasteiger charge is -2.37. The van der Waals surface area contributed by atoms with Crippen LogP contribution in [0.2, 0.25) is 0 Å². The van der Waals surface area contributed by atoms with Crippen LogP contribution in [0.4, 0.5) is 0 Å². The summed E-state index contributed by atoms with van der Waals surface area (Å²) in [5, 5.41) is 18.7.